The lowest BCUT2D eigenvalue weighted by atomic mass is 9.75. The minimum absolute atomic E-state index is 0.0463. The summed E-state index contributed by atoms with van der Waals surface area (Å²) >= 11 is 0. The van der Waals surface area contributed by atoms with Crippen LogP contribution < -0.4 is 10.8 Å². The normalized spacial score (nSPS) is 16.2. The Labute approximate surface area is 228 Å². The summed E-state index contributed by atoms with van der Waals surface area (Å²) in [5.74, 6) is -0.910. The van der Waals surface area contributed by atoms with Crippen LogP contribution in [0.15, 0.2) is 73.1 Å². The van der Waals surface area contributed by atoms with Crippen LogP contribution in [0.3, 0.4) is 0 Å². The molecular formula is C28H25BF4N4O3. The maximum Gasteiger partial charge on any atom is 0.495 e. The van der Waals surface area contributed by atoms with Crippen molar-refractivity contribution in [3.8, 4) is 16.9 Å². The molecule has 3 heterocycles. The van der Waals surface area contributed by atoms with Crippen molar-refractivity contribution in [3.05, 3.63) is 90.0 Å². The second-order valence-corrected chi connectivity index (χ2v) is 10.4. The van der Waals surface area contributed by atoms with Crippen LogP contribution in [0.2, 0.25) is 0 Å². The zero-order valence-corrected chi connectivity index (χ0v) is 22.1. The third kappa shape index (κ3) is 5.24. The fourth-order valence-corrected chi connectivity index (χ4v) is 4.23. The highest BCUT2D eigenvalue weighted by molar-refractivity contribution is 6.62. The highest BCUT2D eigenvalue weighted by Gasteiger charge is 2.53. The number of alkyl halides is 3. The molecule has 2 aromatic heterocycles. The molecule has 5 rings (SSSR count). The lowest BCUT2D eigenvalue weighted by Gasteiger charge is -2.32. The van der Waals surface area contributed by atoms with Crippen LogP contribution >= 0.6 is 0 Å². The average Bonchev–Trinajstić information content (AvgIpc) is 3.41. The van der Waals surface area contributed by atoms with E-state index in [9.17, 15) is 22.4 Å². The molecule has 1 aliphatic rings. The summed E-state index contributed by atoms with van der Waals surface area (Å²) in [5.41, 5.74) is -1.41. The van der Waals surface area contributed by atoms with E-state index in [4.69, 9.17) is 9.31 Å². The number of anilines is 1. The molecule has 1 aliphatic heterocycles. The molecule has 206 valence electrons. The van der Waals surface area contributed by atoms with Crippen molar-refractivity contribution in [1.82, 2.24) is 14.8 Å². The van der Waals surface area contributed by atoms with Crippen LogP contribution in [-0.2, 0) is 15.5 Å². The molecule has 40 heavy (non-hydrogen) atoms. The first kappa shape index (κ1) is 27.5. The van der Waals surface area contributed by atoms with Crippen molar-refractivity contribution in [1.29, 1.82) is 0 Å². The molecular weight excluding hydrogens is 527 g/mol. The Bertz CT molecular complexity index is 1540. The number of rotatable bonds is 5. The summed E-state index contributed by atoms with van der Waals surface area (Å²) in [5, 5.41) is 7.28. The number of benzene rings is 2. The van der Waals surface area contributed by atoms with Gasteiger partial charge in [0.15, 0.2) is 0 Å². The topological polar surface area (TPSA) is 78.3 Å². The summed E-state index contributed by atoms with van der Waals surface area (Å²) in [6, 6.07) is 13.6. The largest absolute Gasteiger partial charge is 0.495 e. The van der Waals surface area contributed by atoms with E-state index in [1.165, 1.54) is 28.9 Å². The number of nitrogens with zero attached hydrogens (tertiary/aromatic N) is 3. The summed E-state index contributed by atoms with van der Waals surface area (Å²) in [6.07, 6.45) is -1.53. The standard InChI is InChI=1S/C28H25BF4N4O3/c1-26(2)27(3,4)40-29(39-26)22-15-18(5-10-21(22)28(31,32)33)25(38)35-24-16-23(17-11-13-34-14-12-17)36-37(24)20-8-6-19(30)7-9-20/h5-16H,1-4H3,(H,35,38). The lowest BCUT2D eigenvalue weighted by Crippen LogP contribution is -2.41. The van der Waals surface area contributed by atoms with Gasteiger partial charge in [0.25, 0.3) is 5.91 Å². The Morgan fingerprint density at radius 1 is 0.925 bits per heavy atom. The van der Waals surface area contributed by atoms with Crippen LogP contribution in [0.25, 0.3) is 16.9 Å². The van der Waals surface area contributed by atoms with E-state index in [1.807, 2.05) is 0 Å². The number of amides is 1. The average molecular weight is 552 g/mol. The minimum atomic E-state index is -4.70. The second kappa shape index (κ2) is 9.86. The number of carbonyl (C=O) groups excluding carboxylic acids is 1. The molecule has 0 bridgehead atoms. The zero-order chi connectivity index (χ0) is 28.9. The third-order valence-corrected chi connectivity index (χ3v) is 7.12. The summed E-state index contributed by atoms with van der Waals surface area (Å²) < 4.78 is 68.6. The minimum Gasteiger partial charge on any atom is -0.399 e. The summed E-state index contributed by atoms with van der Waals surface area (Å²) in [6.45, 7) is 6.92. The maximum absolute atomic E-state index is 13.9. The van der Waals surface area contributed by atoms with Crippen molar-refractivity contribution in [2.75, 3.05) is 5.32 Å². The van der Waals surface area contributed by atoms with E-state index in [0.29, 0.717) is 16.9 Å². The predicted molar refractivity (Wildman–Crippen MR) is 142 cm³/mol. The van der Waals surface area contributed by atoms with Gasteiger partial charge in [-0.05, 0) is 87.8 Å². The van der Waals surface area contributed by atoms with Crippen molar-refractivity contribution in [3.63, 3.8) is 0 Å². The Morgan fingerprint density at radius 2 is 1.55 bits per heavy atom. The van der Waals surface area contributed by atoms with Gasteiger partial charge < -0.3 is 14.6 Å². The molecule has 7 nitrogen and oxygen atoms in total. The van der Waals surface area contributed by atoms with Crippen LogP contribution in [0.5, 0.6) is 0 Å². The number of hydrogen-bond acceptors (Lipinski definition) is 5. The maximum atomic E-state index is 13.9. The van der Waals surface area contributed by atoms with E-state index in [-0.39, 0.29) is 16.8 Å². The molecule has 0 saturated carbocycles. The molecule has 12 heteroatoms. The Hall–Kier alpha value is -4.03. The SMILES string of the molecule is CC1(C)OB(c2cc(C(=O)Nc3cc(-c4ccncc4)nn3-c3ccc(F)cc3)ccc2C(F)(F)F)OC1(C)C. The Balaban J connectivity index is 1.53. The van der Waals surface area contributed by atoms with E-state index in [2.05, 4.69) is 15.4 Å². The molecule has 0 unspecified atom stereocenters. The highest BCUT2D eigenvalue weighted by Crippen LogP contribution is 2.38. The van der Waals surface area contributed by atoms with Gasteiger partial charge in [0, 0.05) is 29.6 Å². The number of aromatic nitrogens is 3. The summed E-state index contributed by atoms with van der Waals surface area (Å²) in [7, 11) is -1.34. The van der Waals surface area contributed by atoms with Crippen molar-refractivity contribution in [2.24, 2.45) is 0 Å². The van der Waals surface area contributed by atoms with Crippen LogP contribution in [0.4, 0.5) is 23.4 Å². The number of halogens is 4. The van der Waals surface area contributed by atoms with Gasteiger partial charge in [-0.15, -0.1) is 0 Å². The first-order valence-electron chi connectivity index (χ1n) is 12.4. The van der Waals surface area contributed by atoms with Gasteiger partial charge in [0.1, 0.15) is 11.6 Å². The number of nitrogens with one attached hydrogen (secondary N) is 1. The predicted octanol–water partition coefficient (Wildman–Crippen LogP) is 5.64. The molecule has 1 fully saturated rings. The van der Waals surface area contributed by atoms with Gasteiger partial charge in [-0.1, -0.05) is 0 Å². The third-order valence-electron chi connectivity index (χ3n) is 7.12. The Morgan fingerprint density at radius 3 is 2.15 bits per heavy atom. The van der Waals surface area contributed by atoms with Crippen LogP contribution in [-0.4, -0.2) is 39.0 Å². The van der Waals surface area contributed by atoms with Crippen molar-refractivity contribution >= 4 is 24.3 Å². The molecule has 1 saturated heterocycles. The molecule has 1 amide bonds. The van der Waals surface area contributed by atoms with E-state index in [0.717, 1.165) is 18.2 Å². The quantitative estimate of drug-likeness (QED) is 0.256. The second-order valence-electron chi connectivity index (χ2n) is 10.4. The fraction of sp³-hybridized carbons (Fsp3) is 0.250. The van der Waals surface area contributed by atoms with Crippen LogP contribution in [0, 0.1) is 5.82 Å². The lowest BCUT2D eigenvalue weighted by molar-refractivity contribution is -0.136. The molecule has 1 N–H and O–H groups in total. The molecule has 0 aliphatic carbocycles. The Kier molecular flexibility index (Phi) is 6.79. The molecule has 0 spiro atoms. The van der Waals surface area contributed by atoms with Gasteiger partial charge in [0.2, 0.25) is 0 Å². The van der Waals surface area contributed by atoms with E-state index >= 15 is 0 Å². The molecule has 0 radical (unpaired) electrons. The fourth-order valence-electron chi connectivity index (χ4n) is 4.23. The smallest absolute Gasteiger partial charge is 0.399 e. The summed E-state index contributed by atoms with van der Waals surface area (Å²) in [4.78, 5) is 17.4. The van der Waals surface area contributed by atoms with E-state index < -0.39 is 41.8 Å². The first-order valence-corrected chi connectivity index (χ1v) is 12.4. The first-order chi connectivity index (χ1) is 18.7. The monoisotopic (exact) mass is 552 g/mol. The van der Waals surface area contributed by atoms with Crippen molar-refractivity contribution in [2.45, 2.75) is 45.1 Å². The number of pyridine rings is 1. The highest BCUT2D eigenvalue weighted by atomic mass is 19.4. The van der Waals surface area contributed by atoms with Gasteiger partial charge in [-0.2, -0.15) is 18.3 Å². The van der Waals surface area contributed by atoms with Gasteiger partial charge >= 0.3 is 13.3 Å². The van der Waals surface area contributed by atoms with Gasteiger partial charge in [-0.25, -0.2) is 9.07 Å². The molecule has 2 aromatic carbocycles. The molecule has 4 aromatic rings. The van der Waals surface area contributed by atoms with E-state index in [1.54, 1.807) is 58.3 Å². The van der Waals surface area contributed by atoms with Crippen LogP contribution in [0.1, 0.15) is 43.6 Å². The zero-order valence-electron chi connectivity index (χ0n) is 22.1. The van der Waals surface area contributed by atoms with Gasteiger partial charge in [0.05, 0.1) is 28.1 Å². The van der Waals surface area contributed by atoms with Gasteiger partial charge in [-0.3, -0.25) is 9.78 Å². The van der Waals surface area contributed by atoms with Crippen molar-refractivity contribution < 1.29 is 31.7 Å². The number of carbonyl (C=O) groups is 1. The molecule has 0 atom stereocenters. The number of hydrogen-bond donors (Lipinski definition) is 1.